The maximum absolute atomic E-state index is 13.1. The number of aromatic nitrogens is 4. The monoisotopic (exact) mass is 344 g/mol. The summed E-state index contributed by atoms with van der Waals surface area (Å²) < 4.78 is 1.79. The number of carbonyl (C=O) groups excluding carboxylic acids is 2. The molecule has 124 valence electrons. The predicted molar refractivity (Wildman–Crippen MR) is 87.9 cm³/mol. The number of hydrogen-bond donors (Lipinski definition) is 2. The number of hydrogen-bond acceptors (Lipinski definition) is 5. The van der Waals surface area contributed by atoms with Gasteiger partial charge in [0.05, 0.1) is 12.0 Å². The minimum Gasteiger partial charge on any atom is -0.353 e. The first-order chi connectivity index (χ1) is 11.6. The number of imidazole rings is 2. The number of carbonyl (C=O) groups is 2. The van der Waals surface area contributed by atoms with Crippen LogP contribution in [-0.4, -0.2) is 55.2 Å². The highest BCUT2D eigenvalue weighted by atomic mass is 32.1. The van der Waals surface area contributed by atoms with Crippen molar-refractivity contribution >= 4 is 28.1 Å². The van der Waals surface area contributed by atoms with Crippen molar-refractivity contribution in [2.24, 2.45) is 0 Å². The summed E-state index contributed by atoms with van der Waals surface area (Å²) in [4.78, 5) is 39.3. The van der Waals surface area contributed by atoms with Crippen LogP contribution >= 0.6 is 11.3 Å². The van der Waals surface area contributed by atoms with Crippen molar-refractivity contribution in [1.29, 1.82) is 0 Å². The van der Waals surface area contributed by atoms with E-state index in [4.69, 9.17) is 0 Å². The number of nitrogens with one attached hydrogen (secondary N) is 2. The van der Waals surface area contributed by atoms with E-state index in [-0.39, 0.29) is 11.8 Å². The van der Waals surface area contributed by atoms with Crippen LogP contribution in [0, 0.1) is 6.92 Å². The summed E-state index contributed by atoms with van der Waals surface area (Å²) in [6.45, 7) is 2.75. The van der Waals surface area contributed by atoms with E-state index >= 15 is 0 Å². The molecular weight excluding hydrogens is 328 g/mol. The van der Waals surface area contributed by atoms with Crippen LogP contribution in [0.3, 0.4) is 0 Å². The first kappa shape index (κ1) is 14.9. The molecule has 3 aromatic heterocycles. The van der Waals surface area contributed by atoms with Gasteiger partial charge in [0.2, 0.25) is 5.91 Å². The summed E-state index contributed by atoms with van der Waals surface area (Å²) >= 11 is 1.48. The number of aryl methyl sites for hydroxylation is 1. The predicted octanol–water partition coefficient (Wildman–Crippen LogP) is 0.611. The Balaban J connectivity index is 1.69. The lowest BCUT2D eigenvalue weighted by Gasteiger charge is -2.34. The molecule has 0 unspecified atom stereocenters. The standard InChI is InChI=1S/C15H16N6O2S/c1-9-12(21-4-5-24-15(21)19-9)14(23)20-3-2-17-13(22)11(20)6-10-7-16-8-18-10/h4-5,7-8,11H,2-3,6H2,1H3,(H,16,18)(H,17,22)/t11-/m0/s1. The lowest BCUT2D eigenvalue weighted by molar-refractivity contribution is -0.127. The first-order valence-corrected chi connectivity index (χ1v) is 8.51. The zero-order valence-corrected chi connectivity index (χ0v) is 13.8. The SMILES string of the molecule is Cc1nc2sccn2c1C(=O)N1CCNC(=O)[C@@H]1Cc1cnc[nH]1. The van der Waals surface area contributed by atoms with Crippen LogP contribution in [0.2, 0.25) is 0 Å². The fourth-order valence-electron chi connectivity index (χ4n) is 3.05. The molecule has 2 N–H and O–H groups in total. The van der Waals surface area contributed by atoms with Gasteiger partial charge in [-0.1, -0.05) is 0 Å². The van der Waals surface area contributed by atoms with Gasteiger partial charge in [-0.3, -0.25) is 14.0 Å². The maximum atomic E-state index is 13.1. The van der Waals surface area contributed by atoms with E-state index in [2.05, 4.69) is 20.3 Å². The van der Waals surface area contributed by atoms with Gasteiger partial charge in [0.25, 0.3) is 5.91 Å². The van der Waals surface area contributed by atoms with E-state index in [0.717, 1.165) is 10.7 Å². The molecule has 4 heterocycles. The van der Waals surface area contributed by atoms with Gasteiger partial charge in [-0.05, 0) is 6.92 Å². The minimum atomic E-state index is -0.560. The van der Waals surface area contributed by atoms with E-state index in [1.807, 2.05) is 18.5 Å². The molecule has 24 heavy (non-hydrogen) atoms. The Morgan fingerprint density at radius 1 is 1.50 bits per heavy atom. The van der Waals surface area contributed by atoms with Gasteiger partial charge in [0.15, 0.2) is 4.96 Å². The van der Waals surface area contributed by atoms with Crippen LogP contribution in [0.15, 0.2) is 24.1 Å². The second-order valence-corrected chi connectivity index (χ2v) is 6.56. The van der Waals surface area contributed by atoms with Crippen LogP contribution in [-0.2, 0) is 11.2 Å². The first-order valence-electron chi connectivity index (χ1n) is 7.63. The van der Waals surface area contributed by atoms with Crippen LogP contribution < -0.4 is 5.32 Å². The third-order valence-electron chi connectivity index (χ3n) is 4.20. The summed E-state index contributed by atoms with van der Waals surface area (Å²) in [5.74, 6) is -0.314. The van der Waals surface area contributed by atoms with E-state index in [9.17, 15) is 9.59 Å². The Hall–Kier alpha value is -2.68. The number of rotatable bonds is 3. The van der Waals surface area contributed by atoms with Crippen molar-refractivity contribution in [1.82, 2.24) is 29.6 Å². The highest BCUT2D eigenvalue weighted by Gasteiger charge is 2.35. The molecule has 1 aliphatic heterocycles. The second kappa shape index (κ2) is 5.75. The number of nitrogens with zero attached hydrogens (tertiary/aromatic N) is 4. The van der Waals surface area contributed by atoms with Crippen molar-refractivity contribution in [3.63, 3.8) is 0 Å². The maximum Gasteiger partial charge on any atom is 0.273 e. The highest BCUT2D eigenvalue weighted by Crippen LogP contribution is 2.21. The average molecular weight is 344 g/mol. The fraction of sp³-hybridized carbons (Fsp3) is 0.333. The van der Waals surface area contributed by atoms with Crippen LogP contribution in [0.25, 0.3) is 4.96 Å². The summed E-state index contributed by atoms with van der Waals surface area (Å²) in [6.07, 6.45) is 5.48. The molecular formula is C15H16N6O2S. The summed E-state index contributed by atoms with van der Waals surface area (Å²) in [5.41, 5.74) is 2.02. The third-order valence-corrected chi connectivity index (χ3v) is 4.96. The Bertz CT molecular complexity index is 896. The van der Waals surface area contributed by atoms with Gasteiger partial charge in [-0.2, -0.15) is 0 Å². The van der Waals surface area contributed by atoms with Crippen molar-refractivity contribution < 1.29 is 9.59 Å². The number of H-pyrrole nitrogens is 1. The molecule has 0 aliphatic carbocycles. The molecule has 0 radical (unpaired) electrons. The van der Waals surface area contributed by atoms with Crippen molar-refractivity contribution in [2.45, 2.75) is 19.4 Å². The van der Waals surface area contributed by atoms with Gasteiger partial charge < -0.3 is 15.2 Å². The van der Waals surface area contributed by atoms with E-state index in [1.165, 1.54) is 11.3 Å². The molecule has 1 fully saturated rings. The minimum absolute atomic E-state index is 0.145. The smallest absolute Gasteiger partial charge is 0.273 e. The fourth-order valence-corrected chi connectivity index (χ4v) is 3.81. The molecule has 1 aliphatic rings. The lowest BCUT2D eigenvalue weighted by atomic mass is 10.1. The Morgan fingerprint density at radius 2 is 2.38 bits per heavy atom. The van der Waals surface area contributed by atoms with Crippen LogP contribution in [0.1, 0.15) is 21.9 Å². The zero-order chi connectivity index (χ0) is 16.7. The largest absolute Gasteiger partial charge is 0.353 e. The number of piperazine rings is 1. The van der Waals surface area contributed by atoms with Crippen molar-refractivity contribution in [3.8, 4) is 0 Å². The quantitative estimate of drug-likeness (QED) is 0.728. The molecule has 2 amide bonds. The molecule has 4 rings (SSSR count). The van der Waals surface area contributed by atoms with Gasteiger partial charge in [-0.15, -0.1) is 11.3 Å². The van der Waals surface area contributed by atoms with Crippen molar-refractivity contribution in [2.75, 3.05) is 13.1 Å². The second-order valence-electron chi connectivity index (χ2n) is 5.69. The summed E-state index contributed by atoms with van der Waals surface area (Å²) in [7, 11) is 0. The lowest BCUT2D eigenvalue weighted by Crippen LogP contribution is -2.58. The Labute approximate surface area is 141 Å². The Morgan fingerprint density at radius 3 is 3.17 bits per heavy atom. The molecule has 0 bridgehead atoms. The number of aromatic amines is 1. The van der Waals surface area contributed by atoms with Gasteiger partial charge in [-0.25, -0.2) is 9.97 Å². The molecule has 3 aromatic rings. The van der Waals surface area contributed by atoms with E-state index in [1.54, 1.807) is 21.8 Å². The van der Waals surface area contributed by atoms with E-state index < -0.39 is 6.04 Å². The van der Waals surface area contributed by atoms with E-state index in [0.29, 0.717) is 30.9 Å². The molecule has 1 atom stereocenters. The van der Waals surface area contributed by atoms with Crippen LogP contribution in [0.5, 0.6) is 0 Å². The molecule has 0 saturated carbocycles. The molecule has 9 heteroatoms. The van der Waals surface area contributed by atoms with Gasteiger partial charge >= 0.3 is 0 Å². The molecule has 8 nitrogen and oxygen atoms in total. The van der Waals surface area contributed by atoms with Gasteiger partial charge in [0, 0.05) is 43.0 Å². The molecule has 1 saturated heterocycles. The molecule has 0 spiro atoms. The number of thiazole rings is 1. The number of fused-ring (bicyclic) bond motifs is 1. The number of amides is 2. The summed E-state index contributed by atoms with van der Waals surface area (Å²) in [5, 5.41) is 4.73. The molecule has 0 aromatic carbocycles. The highest BCUT2D eigenvalue weighted by molar-refractivity contribution is 7.15. The Kier molecular flexibility index (Phi) is 3.57. The van der Waals surface area contributed by atoms with Crippen molar-refractivity contribution in [3.05, 3.63) is 41.2 Å². The zero-order valence-electron chi connectivity index (χ0n) is 13.0. The van der Waals surface area contributed by atoms with Crippen LogP contribution in [0.4, 0.5) is 0 Å². The third kappa shape index (κ3) is 2.37. The average Bonchev–Trinajstić information content (AvgIpc) is 3.26. The summed E-state index contributed by atoms with van der Waals surface area (Å²) in [6, 6.07) is -0.560. The topological polar surface area (TPSA) is 95.4 Å². The normalized spacial score (nSPS) is 18.1. The van der Waals surface area contributed by atoms with Gasteiger partial charge in [0.1, 0.15) is 11.7 Å².